The van der Waals surface area contributed by atoms with Gasteiger partial charge in [-0.15, -0.1) is 11.3 Å². The van der Waals surface area contributed by atoms with Gasteiger partial charge in [0.15, 0.2) is 0 Å². The van der Waals surface area contributed by atoms with Crippen molar-refractivity contribution in [2.24, 2.45) is 10.7 Å². The highest BCUT2D eigenvalue weighted by atomic mass is 32.1. The zero-order valence-corrected chi connectivity index (χ0v) is 16.3. The molecule has 138 valence electrons. The second-order valence-electron chi connectivity index (χ2n) is 5.45. The fourth-order valence-electron chi connectivity index (χ4n) is 2.18. The summed E-state index contributed by atoms with van der Waals surface area (Å²) >= 11 is 1.26. The van der Waals surface area contributed by atoms with Crippen LogP contribution < -0.4 is 11.1 Å². The lowest BCUT2D eigenvalue weighted by Gasteiger charge is -2.06. The number of carbonyl (C=O) groups is 1. The van der Waals surface area contributed by atoms with E-state index < -0.39 is 0 Å². The number of amides is 1. The molecule has 0 aliphatic carbocycles. The predicted molar refractivity (Wildman–Crippen MR) is 107 cm³/mol. The van der Waals surface area contributed by atoms with Crippen LogP contribution in [0.3, 0.4) is 0 Å². The summed E-state index contributed by atoms with van der Waals surface area (Å²) < 4.78 is 5.53. The van der Waals surface area contributed by atoms with Crippen LogP contribution in [-0.4, -0.2) is 35.8 Å². The van der Waals surface area contributed by atoms with Gasteiger partial charge in [-0.2, -0.15) is 4.99 Å². The van der Waals surface area contributed by atoms with Crippen molar-refractivity contribution >= 4 is 45.0 Å². The van der Waals surface area contributed by atoms with Crippen LogP contribution in [0.2, 0.25) is 0 Å². The highest BCUT2D eigenvalue weighted by Crippen LogP contribution is 2.23. The molecule has 0 aliphatic rings. The highest BCUT2D eigenvalue weighted by molar-refractivity contribution is 7.13. The molecule has 0 saturated heterocycles. The van der Waals surface area contributed by atoms with Crippen molar-refractivity contribution in [3.05, 3.63) is 41.1 Å². The van der Waals surface area contributed by atoms with Gasteiger partial charge < -0.3 is 20.4 Å². The predicted octanol–water partition coefficient (Wildman–Crippen LogP) is 3.98. The molecule has 1 aromatic carbocycles. The maximum Gasteiger partial charge on any atom is 0.272 e. The monoisotopic (exact) mass is 373 g/mol. The standard InChI is InChI=1S/C16H17N5O2S.C2H6/c1-9-6-10-7-11(4-5-13(10)23-9)18-15(17)20-16-19-12(8-24-16)14(22)21(2)3;1-2/h4-8H,1-3H3,(H3,17,18,19,20);1-2H3. The van der Waals surface area contributed by atoms with Gasteiger partial charge in [0.25, 0.3) is 5.91 Å². The van der Waals surface area contributed by atoms with Gasteiger partial charge in [0.1, 0.15) is 17.0 Å². The van der Waals surface area contributed by atoms with Gasteiger partial charge >= 0.3 is 0 Å². The number of carbonyl (C=O) groups excluding carboxylic acids is 1. The van der Waals surface area contributed by atoms with Crippen molar-refractivity contribution in [1.29, 1.82) is 0 Å². The fourth-order valence-corrected chi connectivity index (χ4v) is 2.85. The van der Waals surface area contributed by atoms with Crippen molar-refractivity contribution < 1.29 is 9.21 Å². The number of benzene rings is 1. The lowest BCUT2D eigenvalue weighted by Crippen LogP contribution is -2.22. The van der Waals surface area contributed by atoms with Crippen molar-refractivity contribution in [3.8, 4) is 0 Å². The summed E-state index contributed by atoms with van der Waals surface area (Å²) in [7, 11) is 3.35. The molecule has 0 atom stereocenters. The Morgan fingerprint density at radius 2 is 2.04 bits per heavy atom. The smallest absolute Gasteiger partial charge is 0.272 e. The summed E-state index contributed by atoms with van der Waals surface area (Å²) in [5.41, 5.74) is 7.89. The minimum absolute atomic E-state index is 0.167. The van der Waals surface area contributed by atoms with Gasteiger partial charge in [-0.1, -0.05) is 13.8 Å². The first-order chi connectivity index (χ1) is 12.4. The second kappa shape index (κ2) is 8.48. The Morgan fingerprint density at radius 1 is 1.31 bits per heavy atom. The van der Waals surface area contributed by atoms with Gasteiger partial charge in [0, 0.05) is 30.5 Å². The maximum absolute atomic E-state index is 11.8. The fraction of sp³-hybridized carbons (Fsp3) is 0.278. The molecular formula is C18H23N5O2S. The number of guanidine groups is 1. The van der Waals surface area contributed by atoms with E-state index in [2.05, 4.69) is 15.3 Å². The normalized spacial score (nSPS) is 11.0. The molecular weight excluding hydrogens is 350 g/mol. The number of anilines is 1. The Morgan fingerprint density at radius 3 is 2.73 bits per heavy atom. The first kappa shape index (κ1) is 19.5. The number of fused-ring (bicyclic) bond motifs is 1. The lowest BCUT2D eigenvalue weighted by molar-refractivity contribution is 0.0823. The van der Waals surface area contributed by atoms with Crippen LogP contribution in [-0.2, 0) is 0 Å². The summed E-state index contributed by atoms with van der Waals surface area (Å²) in [5.74, 6) is 0.887. The van der Waals surface area contributed by atoms with Gasteiger partial charge in [-0.05, 0) is 31.2 Å². The molecule has 0 bridgehead atoms. The van der Waals surface area contributed by atoms with E-state index in [1.807, 2.05) is 45.0 Å². The molecule has 26 heavy (non-hydrogen) atoms. The summed E-state index contributed by atoms with van der Waals surface area (Å²) in [5, 5.41) is 6.08. The van der Waals surface area contributed by atoms with Crippen LogP contribution in [0.4, 0.5) is 10.8 Å². The summed E-state index contributed by atoms with van der Waals surface area (Å²) in [4.78, 5) is 21.7. The zero-order valence-electron chi connectivity index (χ0n) is 15.5. The number of aliphatic imine (C=N–C) groups is 1. The molecule has 0 unspecified atom stereocenters. The minimum Gasteiger partial charge on any atom is -0.461 e. The molecule has 0 fully saturated rings. The third-order valence-corrected chi connectivity index (χ3v) is 3.98. The van der Waals surface area contributed by atoms with E-state index in [4.69, 9.17) is 10.2 Å². The van der Waals surface area contributed by atoms with E-state index >= 15 is 0 Å². The largest absolute Gasteiger partial charge is 0.461 e. The summed E-state index contributed by atoms with van der Waals surface area (Å²) in [6.07, 6.45) is 0. The average molecular weight is 373 g/mol. The molecule has 0 spiro atoms. The van der Waals surface area contributed by atoms with Gasteiger partial charge in [-0.3, -0.25) is 4.79 Å². The SMILES string of the molecule is CC.Cc1cc2cc(NC(N)=Nc3nc(C(=O)N(C)C)cs3)ccc2o1. The third-order valence-electron chi connectivity index (χ3n) is 3.25. The van der Waals surface area contributed by atoms with E-state index in [-0.39, 0.29) is 11.9 Å². The molecule has 3 aromatic rings. The van der Waals surface area contributed by atoms with Crippen LogP contribution in [0, 0.1) is 6.92 Å². The Bertz CT molecular complexity index is 927. The number of nitrogens with one attached hydrogen (secondary N) is 1. The zero-order chi connectivity index (χ0) is 19.3. The molecule has 0 radical (unpaired) electrons. The maximum atomic E-state index is 11.8. The number of aryl methyl sites for hydroxylation is 1. The van der Waals surface area contributed by atoms with Crippen molar-refractivity contribution in [3.63, 3.8) is 0 Å². The lowest BCUT2D eigenvalue weighted by atomic mass is 10.2. The average Bonchev–Trinajstić information content (AvgIpc) is 3.21. The van der Waals surface area contributed by atoms with Crippen LogP contribution in [0.25, 0.3) is 11.0 Å². The Hall–Kier alpha value is -2.87. The summed E-state index contributed by atoms with van der Waals surface area (Å²) in [6, 6.07) is 7.61. The van der Waals surface area contributed by atoms with Gasteiger partial charge in [0.2, 0.25) is 11.1 Å². The Labute approximate surface area is 156 Å². The third kappa shape index (κ3) is 4.60. The van der Waals surface area contributed by atoms with Crippen molar-refractivity contribution in [1.82, 2.24) is 9.88 Å². The first-order valence-corrected chi connectivity index (χ1v) is 9.09. The van der Waals surface area contributed by atoms with E-state index in [1.54, 1.807) is 19.5 Å². The number of nitrogens with two attached hydrogens (primary N) is 1. The number of furan rings is 1. The molecule has 2 heterocycles. The highest BCUT2D eigenvalue weighted by Gasteiger charge is 2.12. The molecule has 8 heteroatoms. The number of hydrogen-bond acceptors (Lipinski definition) is 5. The van der Waals surface area contributed by atoms with Crippen LogP contribution in [0.15, 0.2) is 39.1 Å². The van der Waals surface area contributed by atoms with Crippen LogP contribution >= 0.6 is 11.3 Å². The quantitative estimate of drug-likeness (QED) is 0.534. The Balaban J connectivity index is 0.00000117. The molecule has 3 N–H and O–H groups in total. The van der Waals surface area contributed by atoms with Gasteiger partial charge in [0.05, 0.1) is 0 Å². The number of aromatic nitrogens is 1. The molecule has 2 aromatic heterocycles. The van der Waals surface area contributed by atoms with E-state index in [0.29, 0.717) is 10.8 Å². The van der Waals surface area contributed by atoms with E-state index in [0.717, 1.165) is 22.4 Å². The van der Waals surface area contributed by atoms with E-state index in [9.17, 15) is 4.79 Å². The van der Waals surface area contributed by atoms with Crippen molar-refractivity contribution in [2.45, 2.75) is 20.8 Å². The number of thiazole rings is 1. The molecule has 7 nitrogen and oxygen atoms in total. The topological polar surface area (TPSA) is 96.8 Å². The molecule has 0 saturated carbocycles. The van der Waals surface area contributed by atoms with Gasteiger partial charge in [-0.25, -0.2) is 4.98 Å². The number of rotatable bonds is 3. The molecule has 1 amide bonds. The van der Waals surface area contributed by atoms with E-state index in [1.165, 1.54) is 16.2 Å². The van der Waals surface area contributed by atoms with Crippen LogP contribution in [0.5, 0.6) is 0 Å². The van der Waals surface area contributed by atoms with Crippen LogP contribution in [0.1, 0.15) is 30.1 Å². The molecule has 3 rings (SSSR count). The number of hydrogen-bond donors (Lipinski definition) is 2. The van der Waals surface area contributed by atoms with Crippen molar-refractivity contribution in [2.75, 3.05) is 19.4 Å². The minimum atomic E-state index is -0.167. The Kier molecular flexibility index (Phi) is 6.35. The number of nitrogens with zero attached hydrogens (tertiary/aromatic N) is 3. The summed E-state index contributed by atoms with van der Waals surface area (Å²) in [6.45, 7) is 5.90. The first-order valence-electron chi connectivity index (χ1n) is 8.21. The second-order valence-corrected chi connectivity index (χ2v) is 6.28. The molecule has 0 aliphatic heterocycles.